The van der Waals surface area contributed by atoms with Gasteiger partial charge in [0.15, 0.2) is 11.5 Å². The highest BCUT2D eigenvalue weighted by Crippen LogP contribution is 2.35. The van der Waals surface area contributed by atoms with Crippen LogP contribution in [0.15, 0.2) is 42.6 Å². The van der Waals surface area contributed by atoms with Gasteiger partial charge in [0.05, 0.1) is 19.6 Å². The summed E-state index contributed by atoms with van der Waals surface area (Å²) in [5.41, 5.74) is 2.06. The number of hydrogen-bond donors (Lipinski definition) is 1. The van der Waals surface area contributed by atoms with Crippen molar-refractivity contribution in [1.29, 1.82) is 0 Å². The molecule has 0 bridgehead atoms. The lowest BCUT2D eigenvalue weighted by atomic mass is 9.92. The van der Waals surface area contributed by atoms with Crippen molar-refractivity contribution in [2.24, 2.45) is 5.92 Å². The van der Waals surface area contributed by atoms with E-state index in [0.717, 1.165) is 30.6 Å². The van der Waals surface area contributed by atoms with Crippen molar-refractivity contribution in [2.75, 3.05) is 26.8 Å². The van der Waals surface area contributed by atoms with Crippen molar-refractivity contribution in [3.8, 4) is 11.5 Å². The first-order valence-electron chi connectivity index (χ1n) is 9.79. The third kappa shape index (κ3) is 4.81. The topological polar surface area (TPSA) is 71.9 Å². The molecule has 0 saturated carbocycles. The Balaban J connectivity index is 1.92. The van der Waals surface area contributed by atoms with E-state index in [4.69, 9.17) is 9.47 Å². The third-order valence-corrected chi connectivity index (χ3v) is 5.24. The van der Waals surface area contributed by atoms with Crippen LogP contribution < -0.4 is 9.47 Å². The molecule has 6 heteroatoms. The van der Waals surface area contributed by atoms with Crippen molar-refractivity contribution in [3.05, 3.63) is 53.9 Å². The van der Waals surface area contributed by atoms with E-state index in [1.54, 1.807) is 13.3 Å². The van der Waals surface area contributed by atoms with Gasteiger partial charge in [-0.15, -0.1) is 0 Å². The minimum Gasteiger partial charge on any atom is -0.493 e. The highest BCUT2D eigenvalue weighted by molar-refractivity contribution is 5.70. The molecule has 1 aliphatic rings. The normalized spacial score (nSPS) is 18.4. The van der Waals surface area contributed by atoms with E-state index >= 15 is 0 Å². The fraction of sp³-hybridized carbons (Fsp3) is 0.455. The van der Waals surface area contributed by atoms with Crippen molar-refractivity contribution in [1.82, 2.24) is 9.88 Å². The molecule has 1 saturated heterocycles. The molecule has 2 unspecified atom stereocenters. The average Bonchev–Trinajstić information content (AvgIpc) is 2.73. The van der Waals surface area contributed by atoms with Gasteiger partial charge in [0.1, 0.15) is 0 Å². The van der Waals surface area contributed by atoms with Gasteiger partial charge in [0, 0.05) is 30.9 Å². The van der Waals surface area contributed by atoms with Crippen molar-refractivity contribution in [2.45, 2.75) is 32.2 Å². The average molecular weight is 384 g/mol. The Labute approximate surface area is 166 Å². The molecule has 1 aromatic carbocycles. The second-order valence-corrected chi connectivity index (χ2v) is 7.06. The lowest BCUT2D eigenvalue weighted by molar-refractivity contribution is -0.144. The Morgan fingerprint density at radius 1 is 1.32 bits per heavy atom. The standard InChI is InChI=1S/C22H28N2O4/c1-3-28-20-10-9-16(13-21(20)27-2)19(14-18-8-4-5-11-23-18)24-12-6-7-17(15-24)22(25)26/h4-5,8-11,13,17,19H,3,6-7,12,14-15H2,1-2H3,(H,25,26). The number of rotatable bonds is 8. The summed E-state index contributed by atoms with van der Waals surface area (Å²) in [6.07, 6.45) is 4.12. The number of likely N-dealkylation sites (tertiary alicyclic amines) is 1. The lowest BCUT2D eigenvalue weighted by Gasteiger charge is -2.37. The smallest absolute Gasteiger partial charge is 0.307 e. The van der Waals surface area contributed by atoms with E-state index in [2.05, 4.69) is 9.88 Å². The molecule has 0 amide bonds. The molecule has 0 aliphatic carbocycles. The first-order chi connectivity index (χ1) is 13.6. The summed E-state index contributed by atoms with van der Waals surface area (Å²) in [4.78, 5) is 18.3. The van der Waals surface area contributed by atoms with Crippen LogP contribution in [0.5, 0.6) is 11.5 Å². The molecule has 2 heterocycles. The van der Waals surface area contributed by atoms with E-state index in [9.17, 15) is 9.90 Å². The monoisotopic (exact) mass is 384 g/mol. The Morgan fingerprint density at radius 3 is 2.86 bits per heavy atom. The molecular weight excluding hydrogens is 356 g/mol. The molecular formula is C22H28N2O4. The van der Waals surface area contributed by atoms with Crippen LogP contribution in [0.25, 0.3) is 0 Å². The molecule has 1 N–H and O–H groups in total. The number of ether oxygens (including phenoxy) is 2. The predicted octanol–water partition coefficient (Wildman–Crippen LogP) is 3.57. The summed E-state index contributed by atoms with van der Waals surface area (Å²) in [5.74, 6) is 0.361. The summed E-state index contributed by atoms with van der Waals surface area (Å²) in [5, 5.41) is 9.50. The highest BCUT2D eigenvalue weighted by Gasteiger charge is 2.31. The zero-order chi connectivity index (χ0) is 19.9. The molecule has 0 radical (unpaired) electrons. The number of carbonyl (C=O) groups is 1. The fourth-order valence-electron chi connectivity index (χ4n) is 3.83. The Hall–Kier alpha value is -2.60. The van der Waals surface area contributed by atoms with Crippen LogP contribution in [0.3, 0.4) is 0 Å². The lowest BCUT2D eigenvalue weighted by Crippen LogP contribution is -2.41. The first kappa shape index (κ1) is 20.1. The maximum absolute atomic E-state index is 11.6. The SMILES string of the molecule is CCOc1ccc(C(Cc2ccccn2)N2CCCC(C(=O)O)C2)cc1OC. The van der Waals surface area contributed by atoms with Crippen molar-refractivity contribution < 1.29 is 19.4 Å². The van der Waals surface area contributed by atoms with Crippen LogP contribution in [0.4, 0.5) is 0 Å². The number of hydrogen-bond acceptors (Lipinski definition) is 5. The fourth-order valence-corrected chi connectivity index (χ4v) is 3.83. The second-order valence-electron chi connectivity index (χ2n) is 7.06. The van der Waals surface area contributed by atoms with Crippen molar-refractivity contribution in [3.63, 3.8) is 0 Å². The molecule has 2 atom stereocenters. The number of carboxylic acid groups (broad SMARTS) is 1. The number of carboxylic acids is 1. The number of aliphatic carboxylic acids is 1. The van der Waals surface area contributed by atoms with Crippen LogP contribution in [0, 0.1) is 5.92 Å². The van der Waals surface area contributed by atoms with E-state index in [-0.39, 0.29) is 12.0 Å². The Morgan fingerprint density at radius 2 is 2.18 bits per heavy atom. The van der Waals surface area contributed by atoms with Gasteiger partial charge in [-0.3, -0.25) is 14.7 Å². The van der Waals surface area contributed by atoms with Crippen LogP contribution in [-0.4, -0.2) is 47.8 Å². The number of methoxy groups -OCH3 is 1. The number of aromatic nitrogens is 1. The number of pyridine rings is 1. The summed E-state index contributed by atoms with van der Waals surface area (Å²) in [7, 11) is 1.64. The maximum atomic E-state index is 11.6. The first-order valence-corrected chi connectivity index (χ1v) is 9.79. The highest BCUT2D eigenvalue weighted by atomic mass is 16.5. The van der Waals surface area contributed by atoms with Crippen LogP contribution in [0.1, 0.15) is 37.1 Å². The van der Waals surface area contributed by atoms with Gasteiger partial charge in [-0.2, -0.15) is 0 Å². The van der Waals surface area contributed by atoms with Crippen molar-refractivity contribution >= 4 is 5.97 Å². The van der Waals surface area contributed by atoms with E-state index in [1.165, 1.54) is 0 Å². The number of piperidine rings is 1. The molecule has 0 spiro atoms. The van der Waals surface area contributed by atoms with Crippen LogP contribution >= 0.6 is 0 Å². The zero-order valence-corrected chi connectivity index (χ0v) is 16.5. The van der Waals surface area contributed by atoms with Gasteiger partial charge in [0.25, 0.3) is 0 Å². The minimum absolute atomic E-state index is 0.0293. The molecule has 3 rings (SSSR count). The third-order valence-electron chi connectivity index (χ3n) is 5.24. The quantitative estimate of drug-likeness (QED) is 0.750. The van der Waals surface area contributed by atoms with Gasteiger partial charge in [0.2, 0.25) is 0 Å². The molecule has 1 aromatic heterocycles. The van der Waals surface area contributed by atoms with Crippen LogP contribution in [-0.2, 0) is 11.2 Å². The largest absolute Gasteiger partial charge is 0.493 e. The summed E-state index contributed by atoms with van der Waals surface area (Å²) < 4.78 is 11.2. The van der Waals surface area contributed by atoms with Gasteiger partial charge < -0.3 is 14.6 Å². The second kappa shape index (κ2) is 9.55. The van der Waals surface area contributed by atoms with E-state index < -0.39 is 5.97 Å². The summed E-state index contributed by atoms with van der Waals surface area (Å²) in [6, 6.07) is 11.9. The predicted molar refractivity (Wildman–Crippen MR) is 107 cm³/mol. The molecule has 1 fully saturated rings. The Bertz CT molecular complexity index is 781. The van der Waals surface area contributed by atoms with Crippen LogP contribution in [0.2, 0.25) is 0 Å². The molecule has 2 aromatic rings. The molecule has 150 valence electrons. The number of benzene rings is 1. The Kier molecular flexibility index (Phi) is 6.87. The minimum atomic E-state index is -0.717. The molecule has 1 aliphatic heterocycles. The summed E-state index contributed by atoms with van der Waals surface area (Å²) in [6.45, 7) is 3.93. The summed E-state index contributed by atoms with van der Waals surface area (Å²) >= 11 is 0. The van der Waals surface area contributed by atoms with Gasteiger partial charge in [-0.25, -0.2) is 0 Å². The zero-order valence-electron chi connectivity index (χ0n) is 16.5. The maximum Gasteiger partial charge on any atom is 0.307 e. The molecule has 28 heavy (non-hydrogen) atoms. The van der Waals surface area contributed by atoms with E-state index in [1.807, 2.05) is 43.3 Å². The van der Waals surface area contributed by atoms with Gasteiger partial charge >= 0.3 is 5.97 Å². The van der Waals surface area contributed by atoms with E-state index in [0.29, 0.717) is 31.1 Å². The molecule has 6 nitrogen and oxygen atoms in total. The van der Waals surface area contributed by atoms with Gasteiger partial charge in [-0.1, -0.05) is 12.1 Å². The van der Waals surface area contributed by atoms with Gasteiger partial charge in [-0.05, 0) is 56.1 Å². The number of nitrogens with zero attached hydrogens (tertiary/aromatic N) is 2.